The molecule has 2 N–H and O–H groups in total. The standard InChI is InChI=1S/C14H19N3O5/c1-10(2)16(8-7-14(19)20)13(18)9-15-11-5-3-4-6-12(11)17(21)22/h3-6,10,15H,7-9H2,1-2H3,(H,19,20). The summed E-state index contributed by atoms with van der Waals surface area (Å²) in [7, 11) is 0. The number of nitro benzene ring substituents is 1. The largest absolute Gasteiger partial charge is 0.481 e. The van der Waals surface area contributed by atoms with Crippen LogP contribution in [0.2, 0.25) is 0 Å². The maximum Gasteiger partial charge on any atom is 0.305 e. The molecule has 0 saturated carbocycles. The number of benzene rings is 1. The minimum absolute atomic E-state index is 0.102. The third kappa shape index (κ3) is 5.04. The first-order chi connectivity index (χ1) is 10.3. The monoisotopic (exact) mass is 309 g/mol. The molecule has 1 aromatic rings. The van der Waals surface area contributed by atoms with E-state index in [2.05, 4.69) is 5.32 Å². The number of amides is 1. The summed E-state index contributed by atoms with van der Waals surface area (Å²) < 4.78 is 0. The topological polar surface area (TPSA) is 113 Å². The van der Waals surface area contributed by atoms with Crippen molar-refractivity contribution in [2.24, 2.45) is 0 Å². The van der Waals surface area contributed by atoms with Crippen LogP contribution in [0.1, 0.15) is 20.3 Å². The maximum atomic E-state index is 12.2. The Labute approximate surface area is 127 Å². The van der Waals surface area contributed by atoms with Crippen molar-refractivity contribution >= 4 is 23.3 Å². The van der Waals surface area contributed by atoms with Gasteiger partial charge in [0.15, 0.2) is 0 Å². The van der Waals surface area contributed by atoms with Crippen LogP contribution in [0.25, 0.3) is 0 Å². The third-order valence-electron chi connectivity index (χ3n) is 3.04. The molecule has 120 valence electrons. The number of carboxylic acids is 1. The molecule has 0 saturated heterocycles. The van der Waals surface area contributed by atoms with Crippen molar-refractivity contribution in [1.29, 1.82) is 0 Å². The molecule has 0 bridgehead atoms. The van der Waals surface area contributed by atoms with E-state index in [0.717, 1.165) is 0 Å². The zero-order valence-electron chi connectivity index (χ0n) is 12.5. The van der Waals surface area contributed by atoms with E-state index < -0.39 is 10.9 Å². The summed E-state index contributed by atoms with van der Waals surface area (Å²) in [6.07, 6.45) is -0.143. The molecule has 0 aliphatic heterocycles. The van der Waals surface area contributed by atoms with Crippen LogP contribution in [-0.2, 0) is 9.59 Å². The quantitative estimate of drug-likeness (QED) is 0.558. The van der Waals surface area contributed by atoms with Gasteiger partial charge in [-0.05, 0) is 19.9 Å². The minimum Gasteiger partial charge on any atom is -0.481 e. The predicted octanol–water partition coefficient (Wildman–Crippen LogP) is 1.72. The zero-order chi connectivity index (χ0) is 16.7. The molecule has 0 spiro atoms. The third-order valence-corrected chi connectivity index (χ3v) is 3.04. The van der Waals surface area contributed by atoms with Gasteiger partial charge in [0.25, 0.3) is 5.69 Å². The molecule has 8 heteroatoms. The van der Waals surface area contributed by atoms with Crippen LogP contribution < -0.4 is 5.32 Å². The van der Waals surface area contributed by atoms with E-state index in [-0.39, 0.29) is 42.8 Å². The molecule has 1 aromatic carbocycles. The van der Waals surface area contributed by atoms with Gasteiger partial charge in [0.05, 0.1) is 17.9 Å². The van der Waals surface area contributed by atoms with Gasteiger partial charge in [-0.1, -0.05) is 12.1 Å². The van der Waals surface area contributed by atoms with Gasteiger partial charge in [0, 0.05) is 18.7 Å². The lowest BCUT2D eigenvalue weighted by atomic mass is 10.2. The second-order valence-electron chi connectivity index (χ2n) is 4.95. The molecule has 1 amide bonds. The number of nitrogens with one attached hydrogen (secondary N) is 1. The molecule has 0 aliphatic rings. The fourth-order valence-electron chi connectivity index (χ4n) is 1.94. The molecule has 22 heavy (non-hydrogen) atoms. The molecule has 0 fully saturated rings. The lowest BCUT2D eigenvalue weighted by Gasteiger charge is -2.26. The summed E-state index contributed by atoms with van der Waals surface area (Å²) in [6, 6.07) is 5.88. The smallest absolute Gasteiger partial charge is 0.305 e. The van der Waals surface area contributed by atoms with Gasteiger partial charge in [0.2, 0.25) is 5.91 Å². The van der Waals surface area contributed by atoms with Crippen molar-refractivity contribution in [1.82, 2.24) is 4.90 Å². The SMILES string of the molecule is CC(C)N(CCC(=O)O)C(=O)CNc1ccccc1[N+](=O)[O-]. The van der Waals surface area contributed by atoms with Crippen LogP contribution in [0, 0.1) is 10.1 Å². The first-order valence-corrected chi connectivity index (χ1v) is 6.81. The average molecular weight is 309 g/mol. The van der Waals surface area contributed by atoms with E-state index >= 15 is 0 Å². The molecular weight excluding hydrogens is 290 g/mol. The van der Waals surface area contributed by atoms with Crippen molar-refractivity contribution in [3.63, 3.8) is 0 Å². The summed E-state index contributed by atoms with van der Waals surface area (Å²) in [6.45, 7) is 3.53. The highest BCUT2D eigenvalue weighted by atomic mass is 16.6. The van der Waals surface area contributed by atoms with Crippen molar-refractivity contribution < 1.29 is 19.6 Å². The summed E-state index contributed by atoms with van der Waals surface area (Å²) in [5.41, 5.74) is 0.139. The van der Waals surface area contributed by atoms with E-state index in [4.69, 9.17) is 5.11 Å². The fraction of sp³-hybridized carbons (Fsp3) is 0.429. The van der Waals surface area contributed by atoms with Gasteiger partial charge in [0.1, 0.15) is 5.69 Å². The van der Waals surface area contributed by atoms with Crippen LogP contribution >= 0.6 is 0 Å². The van der Waals surface area contributed by atoms with Gasteiger partial charge < -0.3 is 15.3 Å². The van der Waals surface area contributed by atoms with Crippen molar-refractivity contribution in [3.8, 4) is 0 Å². The van der Waals surface area contributed by atoms with Gasteiger partial charge in [-0.3, -0.25) is 19.7 Å². The Morgan fingerprint density at radius 1 is 1.36 bits per heavy atom. The Balaban J connectivity index is 2.71. The molecule has 0 aromatic heterocycles. The van der Waals surface area contributed by atoms with Crippen LogP contribution in [-0.4, -0.2) is 45.9 Å². The van der Waals surface area contributed by atoms with Crippen molar-refractivity contribution in [2.45, 2.75) is 26.3 Å². The molecule has 0 atom stereocenters. The molecule has 0 radical (unpaired) electrons. The Bertz CT molecular complexity index is 559. The van der Waals surface area contributed by atoms with Gasteiger partial charge in [-0.25, -0.2) is 0 Å². The number of carbonyl (C=O) groups excluding carboxylic acids is 1. The van der Waals surface area contributed by atoms with Gasteiger partial charge in [-0.15, -0.1) is 0 Å². The highest BCUT2D eigenvalue weighted by molar-refractivity contribution is 5.82. The number of nitro groups is 1. The highest BCUT2D eigenvalue weighted by Crippen LogP contribution is 2.22. The summed E-state index contributed by atoms with van der Waals surface area (Å²) in [4.78, 5) is 34.6. The van der Waals surface area contributed by atoms with Crippen molar-refractivity contribution in [3.05, 3.63) is 34.4 Å². The molecule has 0 unspecified atom stereocenters. The Morgan fingerprint density at radius 3 is 2.55 bits per heavy atom. The average Bonchev–Trinajstić information content (AvgIpc) is 2.44. The first kappa shape index (κ1) is 17.4. The zero-order valence-corrected chi connectivity index (χ0v) is 12.5. The van der Waals surface area contributed by atoms with E-state index in [1.165, 1.54) is 17.0 Å². The number of nitrogens with zero attached hydrogens (tertiary/aromatic N) is 2. The van der Waals surface area contributed by atoms with Crippen molar-refractivity contribution in [2.75, 3.05) is 18.4 Å². The number of aliphatic carboxylic acids is 1. The van der Waals surface area contributed by atoms with Crippen LogP contribution in [0.5, 0.6) is 0 Å². The number of carbonyl (C=O) groups is 2. The van der Waals surface area contributed by atoms with Crippen LogP contribution in [0.4, 0.5) is 11.4 Å². The lowest BCUT2D eigenvalue weighted by Crippen LogP contribution is -2.41. The van der Waals surface area contributed by atoms with Gasteiger partial charge in [-0.2, -0.15) is 0 Å². The number of carboxylic acid groups (broad SMARTS) is 1. The summed E-state index contributed by atoms with van der Waals surface area (Å²) >= 11 is 0. The second kappa shape index (κ2) is 7.96. The first-order valence-electron chi connectivity index (χ1n) is 6.81. The van der Waals surface area contributed by atoms with Crippen LogP contribution in [0.3, 0.4) is 0 Å². The van der Waals surface area contributed by atoms with Gasteiger partial charge >= 0.3 is 5.97 Å². The highest BCUT2D eigenvalue weighted by Gasteiger charge is 2.19. The number of para-hydroxylation sites is 2. The Morgan fingerprint density at radius 2 is 2.00 bits per heavy atom. The fourth-order valence-corrected chi connectivity index (χ4v) is 1.94. The molecule has 8 nitrogen and oxygen atoms in total. The molecular formula is C14H19N3O5. The minimum atomic E-state index is -0.981. The van der Waals surface area contributed by atoms with E-state index in [1.807, 2.05) is 0 Å². The maximum absolute atomic E-state index is 12.2. The lowest BCUT2D eigenvalue weighted by molar-refractivity contribution is -0.383. The van der Waals surface area contributed by atoms with E-state index in [0.29, 0.717) is 0 Å². The Kier molecular flexibility index (Phi) is 6.30. The number of anilines is 1. The molecule has 0 heterocycles. The Hall–Kier alpha value is -2.64. The number of hydrogen-bond acceptors (Lipinski definition) is 5. The number of hydrogen-bond donors (Lipinski definition) is 2. The van der Waals surface area contributed by atoms with E-state index in [1.54, 1.807) is 26.0 Å². The predicted molar refractivity (Wildman–Crippen MR) is 80.7 cm³/mol. The number of rotatable bonds is 8. The molecule has 1 rings (SSSR count). The normalized spacial score (nSPS) is 10.3. The van der Waals surface area contributed by atoms with E-state index in [9.17, 15) is 19.7 Å². The second-order valence-corrected chi connectivity index (χ2v) is 4.95. The molecule has 0 aliphatic carbocycles. The summed E-state index contributed by atoms with van der Waals surface area (Å²) in [5.74, 6) is -1.29. The van der Waals surface area contributed by atoms with Crippen LogP contribution in [0.15, 0.2) is 24.3 Å². The summed E-state index contributed by atoms with van der Waals surface area (Å²) in [5, 5.41) is 22.3.